The lowest BCUT2D eigenvalue weighted by Crippen LogP contribution is -2.50. The number of aryl methyl sites for hydroxylation is 1. The minimum absolute atomic E-state index is 0.278. The van der Waals surface area contributed by atoms with E-state index in [-0.39, 0.29) is 12.0 Å². The average molecular weight is 430 g/mol. The highest BCUT2D eigenvalue weighted by molar-refractivity contribution is 7.11. The molecule has 6 nitrogen and oxygen atoms in total. The third-order valence-corrected chi connectivity index (χ3v) is 6.93. The molecule has 2 saturated heterocycles. The Morgan fingerprint density at radius 2 is 1.83 bits per heavy atom. The van der Waals surface area contributed by atoms with Gasteiger partial charge in [0.1, 0.15) is 11.9 Å². The van der Waals surface area contributed by atoms with Crippen LogP contribution in [0.15, 0.2) is 35.8 Å². The van der Waals surface area contributed by atoms with Crippen LogP contribution < -0.4 is 9.47 Å². The summed E-state index contributed by atoms with van der Waals surface area (Å²) in [4.78, 5) is 21.5. The van der Waals surface area contributed by atoms with Crippen molar-refractivity contribution in [3.05, 3.63) is 41.4 Å². The van der Waals surface area contributed by atoms with Gasteiger partial charge >= 0.3 is 0 Å². The van der Waals surface area contributed by atoms with Crippen molar-refractivity contribution in [2.45, 2.75) is 50.7 Å². The topological polar surface area (TPSA) is 54.9 Å². The minimum atomic E-state index is 0.278. The SMILES string of the molecule is COc1ccc(CCC(=O)N2CCC(N3CCC(Oc4nccs4)CC3)CC2)cc1. The Balaban J connectivity index is 1.16. The van der Waals surface area contributed by atoms with E-state index < -0.39 is 0 Å². The molecule has 4 rings (SSSR count). The first-order valence-electron chi connectivity index (χ1n) is 10.9. The number of piperidine rings is 2. The smallest absolute Gasteiger partial charge is 0.273 e. The second-order valence-electron chi connectivity index (χ2n) is 8.11. The summed E-state index contributed by atoms with van der Waals surface area (Å²) in [6, 6.07) is 8.59. The monoisotopic (exact) mass is 429 g/mol. The van der Waals surface area contributed by atoms with E-state index in [1.54, 1.807) is 24.6 Å². The Morgan fingerprint density at radius 3 is 2.47 bits per heavy atom. The van der Waals surface area contributed by atoms with E-state index in [0.29, 0.717) is 12.5 Å². The van der Waals surface area contributed by atoms with E-state index in [1.165, 1.54) is 5.56 Å². The Labute approximate surface area is 182 Å². The van der Waals surface area contributed by atoms with Crippen molar-refractivity contribution < 1.29 is 14.3 Å². The number of amides is 1. The van der Waals surface area contributed by atoms with Crippen LogP contribution in [-0.2, 0) is 11.2 Å². The van der Waals surface area contributed by atoms with E-state index in [4.69, 9.17) is 9.47 Å². The molecule has 2 fully saturated rings. The Bertz CT molecular complexity index is 781. The van der Waals surface area contributed by atoms with E-state index in [1.807, 2.05) is 29.6 Å². The maximum atomic E-state index is 12.6. The second kappa shape index (κ2) is 10.3. The molecule has 2 aliphatic heterocycles. The Morgan fingerprint density at radius 1 is 1.10 bits per heavy atom. The number of ether oxygens (including phenoxy) is 2. The van der Waals surface area contributed by atoms with Crippen LogP contribution in [0.1, 0.15) is 37.7 Å². The van der Waals surface area contributed by atoms with Crippen molar-refractivity contribution in [1.82, 2.24) is 14.8 Å². The molecule has 0 saturated carbocycles. The summed E-state index contributed by atoms with van der Waals surface area (Å²) < 4.78 is 11.2. The number of hydrogen-bond donors (Lipinski definition) is 0. The van der Waals surface area contributed by atoms with Crippen molar-refractivity contribution in [3.63, 3.8) is 0 Å². The molecular weight excluding hydrogens is 398 g/mol. The molecule has 3 heterocycles. The first-order valence-corrected chi connectivity index (χ1v) is 11.8. The van der Waals surface area contributed by atoms with Gasteiger partial charge in [-0.3, -0.25) is 9.69 Å². The van der Waals surface area contributed by atoms with Crippen molar-refractivity contribution in [2.24, 2.45) is 0 Å². The van der Waals surface area contributed by atoms with Gasteiger partial charge in [0.05, 0.1) is 7.11 Å². The van der Waals surface area contributed by atoms with Crippen LogP contribution in [0.2, 0.25) is 0 Å². The summed E-state index contributed by atoms with van der Waals surface area (Å²) in [7, 11) is 1.67. The fourth-order valence-electron chi connectivity index (χ4n) is 4.45. The highest BCUT2D eigenvalue weighted by Crippen LogP contribution is 2.25. The zero-order valence-electron chi connectivity index (χ0n) is 17.7. The van der Waals surface area contributed by atoms with Gasteiger partial charge in [-0.1, -0.05) is 23.5 Å². The highest BCUT2D eigenvalue weighted by Gasteiger charge is 2.30. The van der Waals surface area contributed by atoms with Gasteiger partial charge in [0.15, 0.2) is 0 Å². The highest BCUT2D eigenvalue weighted by atomic mass is 32.1. The number of thiazole rings is 1. The maximum Gasteiger partial charge on any atom is 0.273 e. The first-order chi connectivity index (χ1) is 14.7. The number of benzene rings is 1. The van der Waals surface area contributed by atoms with Gasteiger partial charge in [0.2, 0.25) is 5.91 Å². The van der Waals surface area contributed by atoms with Gasteiger partial charge in [0.25, 0.3) is 5.19 Å². The normalized spacial score (nSPS) is 19.0. The molecule has 1 aromatic heterocycles. The summed E-state index contributed by atoms with van der Waals surface area (Å²) >= 11 is 1.56. The van der Waals surface area contributed by atoms with E-state index >= 15 is 0 Å². The molecule has 162 valence electrons. The van der Waals surface area contributed by atoms with Crippen LogP contribution in [0, 0.1) is 0 Å². The summed E-state index contributed by atoms with van der Waals surface area (Å²) in [6.45, 7) is 3.90. The second-order valence-corrected chi connectivity index (χ2v) is 8.97. The molecule has 0 atom stereocenters. The number of hydrogen-bond acceptors (Lipinski definition) is 6. The fourth-order valence-corrected chi connectivity index (χ4v) is 5.00. The van der Waals surface area contributed by atoms with Crippen LogP contribution in [-0.4, -0.2) is 66.1 Å². The lowest BCUT2D eigenvalue weighted by molar-refractivity contribution is -0.132. The number of methoxy groups -OCH3 is 1. The van der Waals surface area contributed by atoms with Gasteiger partial charge in [-0.2, -0.15) is 0 Å². The lowest BCUT2D eigenvalue weighted by Gasteiger charge is -2.41. The predicted octanol–water partition coefficient (Wildman–Crippen LogP) is 3.62. The zero-order chi connectivity index (χ0) is 20.8. The number of likely N-dealkylation sites (tertiary alicyclic amines) is 2. The number of aromatic nitrogens is 1. The minimum Gasteiger partial charge on any atom is -0.497 e. The van der Waals surface area contributed by atoms with Gasteiger partial charge in [0, 0.05) is 50.2 Å². The largest absolute Gasteiger partial charge is 0.497 e. The van der Waals surface area contributed by atoms with Crippen LogP contribution >= 0.6 is 11.3 Å². The average Bonchev–Trinajstić information content (AvgIpc) is 3.31. The number of nitrogens with zero attached hydrogens (tertiary/aromatic N) is 3. The third kappa shape index (κ3) is 5.52. The summed E-state index contributed by atoms with van der Waals surface area (Å²) in [5, 5.41) is 2.74. The van der Waals surface area contributed by atoms with Crippen LogP contribution in [0.3, 0.4) is 0 Å². The molecule has 7 heteroatoms. The van der Waals surface area contributed by atoms with Crippen molar-refractivity contribution in [1.29, 1.82) is 0 Å². The van der Waals surface area contributed by atoms with Crippen LogP contribution in [0.25, 0.3) is 0 Å². The molecule has 0 bridgehead atoms. The van der Waals surface area contributed by atoms with Crippen molar-refractivity contribution in [2.75, 3.05) is 33.3 Å². The molecule has 2 aromatic rings. The van der Waals surface area contributed by atoms with E-state index in [2.05, 4.69) is 14.8 Å². The van der Waals surface area contributed by atoms with Crippen molar-refractivity contribution in [3.8, 4) is 10.9 Å². The zero-order valence-corrected chi connectivity index (χ0v) is 18.5. The molecule has 0 spiro atoms. The Kier molecular flexibility index (Phi) is 7.23. The predicted molar refractivity (Wildman–Crippen MR) is 118 cm³/mol. The lowest BCUT2D eigenvalue weighted by atomic mass is 9.98. The number of rotatable bonds is 7. The summed E-state index contributed by atoms with van der Waals surface area (Å²) in [5.41, 5.74) is 1.18. The van der Waals surface area contributed by atoms with Crippen molar-refractivity contribution >= 4 is 17.2 Å². The number of carbonyl (C=O) groups is 1. The van der Waals surface area contributed by atoms with Gasteiger partial charge < -0.3 is 14.4 Å². The molecule has 0 unspecified atom stereocenters. The maximum absolute atomic E-state index is 12.6. The number of carbonyl (C=O) groups excluding carboxylic acids is 1. The standard InChI is InChI=1S/C23H31N3O3S/c1-28-20-5-2-18(3-6-20)4-7-22(27)26-13-8-19(9-14-26)25-15-10-21(11-16-25)29-23-24-12-17-30-23/h2-3,5-6,12,17,19,21H,4,7-11,13-16H2,1H3. The molecule has 0 radical (unpaired) electrons. The molecule has 30 heavy (non-hydrogen) atoms. The Hall–Kier alpha value is -2.12. The van der Waals surface area contributed by atoms with Gasteiger partial charge in [-0.05, 0) is 49.8 Å². The van der Waals surface area contributed by atoms with Crippen LogP contribution in [0.5, 0.6) is 10.9 Å². The summed E-state index contributed by atoms with van der Waals surface area (Å²) in [5.74, 6) is 1.13. The fraction of sp³-hybridized carbons (Fsp3) is 0.565. The summed E-state index contributed by atoms with van der Waals surface area (Å²) in [6.07, 6.45) is 7.71. The third-order valence-electron chi connectivity index (χ3n) is 6.27. The van der Waals surface area contributed by atoms with Gasteiger partial charge in [-0.25, -0.2) is 4.98 Å². The molecule has 1 amide bonds. The molecule has 2 aliphatic rings. The quantitative estimate of drug-likeness (QED) is 0.673. The molecular formula is C23H31N3O3S. The molecule has 0 N–H and O–H groups in total. The van der Waals surface area contributed by atoms with Gasteiger partial charge in [-0.15, -0.1) is 0 Å². The first kappa shape index (κ1) is 21.1. The molecule has 1 aromatic carbocycles. The van der Waals surface area contributed by atoms with E-state index in [0.717, 1.165) is 69.2 Å². The van der Waals surface area contributed by atoms with Crippen LogP contribution in [0.4, 0.5) is 0 Å². The molecule has 0 aliphatic carbocycles. The van der Waals surface area contributed by atoms with E-state index in [9.17, 15) is 4.79 Å².